The van der Waals surface area contributed by atoms with Crippen molar-refractivity contribution in [3.8, 4) is 0 Å². The number of hydrogen-bond donors (Lipinski definition) is 26. The van der Waals surface area contributed by atoms with E-state index in [9.17, 15) is 91.7 Å². The number of hydrogen-bond acceptors (Lipinski definition) is 26. The number of carbonyl (C=O) groups excluding carboxylic acids is 20. The third kappa shape index (κ3) is 41.4. The Kier molecular flexibility index (Phi) is 49.3. The molecule has 6 rings (SSSR count). The van der Waals surface area contributed by atoms with Crippen LogP contribution in [0.15, 0.2) is 91.3 Å². The predicted octanol–water partition coefficient (Wildman–Crippen LogP) is -4.40. The number of nitrogens with one attached hydrogen (secondary N) is 20. The lowest BCUT2D eigenvalue weighted by Gasteiger charge is -2.29. The summed E-state index contributed by atoms with van der Waals surface area (Å²) in [5, 5.41) is 66.3. The monoisotopic (exact) mass is 2030 g/mol. The number of aromatic nitrogens is 2. The fraction of sp³-hybridized carbons (Fsp3) is 0.527. The zero-order chi connectivity index (χ0) is 106. The molecule has 2 aromatic heterocycles. The lowest BCUT2D eigenvalue weighted by Crippen LogP contribution is -2.61. The van der Waals surface area contributed by atoms with Gasteiger partial charge in [-0.3, -0.25) is 105 Å². The van der Waals surface area contributed by atoms with Crippen molar-refractivity contribution in [1.29, 1.82) is 0 Å². The van der Waals surface area contributed by atoms with Gasteiger partial charge >= 0.3 is 11.9 Å². The number of primary amides is 2. The SMILES string of the molecule is CC(=O)N[C@H](CCCCN)C(=O)N[C@H](CCCCN)C(=O)NCC(=O)N[C@H](C)C(=O)N[C@@H]1CSSC[C@H](C(=O)N[C@H](C)C(=O)N[C@H](C)C(N)=O)NC(=O)[C@@H](CC(C)C)NC(=O)[C@@H](Cc2c[nH]c3ccccc23)NC(=O)[C@@H](Cc2ccccc2)NC(=O)[C@@H](Cc2c[nH]c3ccccc23)NC(=O)[C@@H](CCC(=O)O)NC(=O)[C@@H](CCC(=O)O)NC(=O)[C@@H](CCC(N)=O)NC(=O)CNC(=O)[C@@H](CC(C)C)NC(=O)CNC1=O. The Hall–Kier alpha value is -14.3. The summed E-state index contributed by atoms with van der Waals surface area (Å²) in [6.45, 7) is 9.47. The Morgan fingerprint density at radius 2 is 0.839 bits per heavy atom. The van der Waals surface area contributed by atoms with E-state index >= 15 is 24.0 Å². The van der Waals surface area contributed by atoms with Crippen molar-refractivity contribution in [2.24, 2.45) is 34.8 Å². The molecule has 0 radical (unpaired) electrons. The molecule has 3 heterocycles. The number of benzene rings is 3. The highest BCUT2D eigenvalue weighted by molar-refractivity contribution is 8.76. The van der Waals surface area contributed by atoms with Crippen LogP contribution in [0.5, 0.6) is 0 Å². The average molecular weight is 2040 g/mol. The van der Waals surface area contributed by atoms with Gasteiger partial charge in [0.15, 0.2) is 0 Å². The van der Waals surface area contributed by atoms with Gasteiger partial charge in [-0.15, -0.1) is 0 Å². The quantitative estimate of drug-likeness (QED) is 0.0130. The van der Waals surface area contributed by atoms with Crippen LogP contribution in [0.4, 0.5) is 0 Å². The van der Waals surface area contributed by atoms with Crippen molar-refractivity contribution in [3.63, 3.8) is 0 Å². The van der Waals surface area contributed by atoms with Crippen LogP contribution in [0, 0.1) is 11.8 Å². The first-order valence-electron chi connectivity index (χ1n) is 47.0. The molecule has 782 valence electrons. The molecule has 0 saturated carbocycles. The van der Waals surface area contributed by atoms with Gasteiger partial charge in [0.25, 0.3) is 0 Å². The number of fused-ring (bicyclic) bond motifs is 2. The number of carbonyl (C=O) groups is 22. The van der Waals surface area contributed by atoms with Gasteiger partial charge in [-0.25, -0.2) is 0 Å². The van der Waals surface area contributed by atoms with E-state index in [1.165, 1.54) is 33.9 Å². The van der Waals surface area contributed by atoms with E-state index in [1.807, 2.05) is 0 Å². The summed E-state index contributed by atoms with van der Waals surface area (Å²) in [6, 6.07) is -2.17. The molecule has 0 unspecified atom stereocenters. The lowest BCUT2D eigenvalue weighted by atomic mass is 9.99. The molecule has 1 aliphatic rings. The van der Waals surface area contributed by atoms with Crippen LogP contribution in [0.2, 0.25) is 0 Å². The molecule has 0 aliphatic carbocycles. The van der Waals surface area contributed by atoms with E-state index in [4.69, 9.17) is 22.9 Å². The predicted molar refractivity (Wildman–Crippen MR) is 526 cm³/mol. The Balaban J connectivity index is 1.47. The van der Waals surface area contributed by atoms with Gasteiger partial charge in [0.1, 0.15) is 90.6 Å². The summed E-state index contributed by atoms with van der Waals surface area (Å²) in [5.74, 6) is -25.2. The van der Waals surface area contributed by atoms with Crippen LogP contribution in [0.3, 0.4) is 0 Å². The van der Waals surface area contributed by atoms with E-state index in [0.717, 1.165) is 21.6 Å². The van der Waals surface area contributed by atoms with Gasteiger partial charge in [0.05, 0.1) is 19.6 Å². The maximum absolute atomic E-state index is 15.7. The molecule has 0 spiro atoms. The Bertz CT molecular complexity index is 5290. The third-order valence-corrected chi connectivity index (χ3v) is 25.0. The normalized spacial score (nSPS) is 20.7. The van der Waals surface area contributed by atoms with Crippen molar-refractivity contribution in [1.82, 2.24) is 106 Å². The number of aromatic amines is 2. The molecule has 143 heavy (non-hydrogen) atoms. The first-order chi connectivity index (χ1) is 67.8. The van der Waals surface area contributed by atoms with Crippen molar-refractivity contribution in [3.05, 3.63) is 108 Å². The van der Waals surface area contributed by atoms with Crippen molar-refractivity contribution < 1.29 is 116 Å². The lowest BCUT2D eigenvalue weighted by molar-refractivity contribution is -0.140. The molecule has 3 aromatic carbocycles. The molecule has 15 atom stereocenters. The molecular formula is C93H134N24O24S2. The Morgan fingerprint density at radius 1 is 0.420 bits per heavy atom. The molecule has 50 heteroatoms. The maximum atomic E-state index is 15.7. The number of carboxylic acid groups (broad SMARTS) is 2. The van der Waals surface area contributed by atoms with Gasteiger partial charge in [-0.05, 0) is 145 Å². The number of H-pyrrole nitrogens is 2. The molecule has 48 nitrogen and oxygen atoms in total. The maximum Gasteiger partial charge on any atom is 0.303 e. The Morgan fingerprint density at radius 3 is 1.32 bits per heavy atom. The second kappa shape index (κ2) is 60.1. The van der Waals surface area contributed by atoms with Gasteiger partial charge in [0, 0.05) is 91.2 Å². The number of carboxylic acids is 2. The van der Waals surface area contributed by atoms with E-state index in [-0.39, 0.29) is 45.1 Å². The molecule has 1 fully saturated rings. The highest BCUT2D eigenvalue weighted by Crippen LogP contribution is 2.26. The average Bonchev–Trinajstić information content (AvgIpc) is 1.68. The molecule has 1 aliphatic heterocycles. The fourth-order valence-electron chi connectivity index (χ4n) is 14.9. The topological polar surface area (TPSA) is 768 Å². The number of nitrogens with two attached hydrogens (primary N) is 4. The number of unbranched alkanes of at least 4 members (excludes halogenated alkanes) is 2. The van der Waals surface area contributed by atoms with Gasteiger partial charge < -0.3 is 139 Å². The first kappa shape index (κ1) is 117. The largest absolute Gasteiger partial charge is 0.481 e. The zero-order valence-electron chi connectivity index (χ0n) is 80.9. The van der Waals surface area contributed by atoms with Gasteiger partial charge in [0.2, 0.25) is 118 Å². The second-order valence-electron chi connectivity index (χ2n) is 35.4. The van der Waals surface area contributed by atoms with Crippen LogP contribution < -0.4 is 119 Å². The molecule has 30 N–H and O–H groups in total. The minimum absolute atomic E-state index is 0.0477. The van der Waals surface area contributed by atoms with Crippen LogP contribution in [0.1, 0.15) is 162 Å². The molecule has 1 saturated heterocycles. The van der Waals surface area contributed by atoms with Crippen LogP contribution in [-0.2, 0) is 125 Å². The first-order valence-corrected chi connectivity index (χ1v) is 49.4. The summed E-state index contributed by atoms with van der Waals surface area (Å²) in [6.07, 6.45) is -0.768. The highest BCUT2D eigenvalue weighted by atomic mass is 33.1. The molecule has 0 bridgehead atoms. The van der Waals surface area contributed by atoms with Crippen molar-refractivity contribution >= 4 is 173 Å². The second-order valence-corrected chi connectivity index (χ2v) is 38.0. The van der Waals surface area contributed by atoms with E-state index in [0.29, 0.717) is 70.7 Å². The highest BCUT2D eigenvalue weighted by Gasteiger charge is 2.40. The van der Waals surface area contributed by atoms with E-state index in [1.54, 1.807) is 113 Å². The van der Waals surface area contributed by atoms with Crippen LogP contribution >= 0.6 is 21.6 Å². The van der Waals surface area contributed by atoms with Crippen LogP contribution in [0.25, 0.3) is 21.8 Å². The van der Waals surface area contributed by atoms with Gasteiger partial charge in [-0.1, -0.05) is 116 Å². The number of para-hydroxylation sites is 2. The van der Waals surface area contributed by atoms with E-state index < -0.39 is 309 Å². The third-order valence-electron chi connectivity index (χ3n) is 22.6. The summed E-state index contributed by atoms with van der Waals surface area (Å²) < 4.78 is 0. The van der Waals surface area contributed by atoms with Crippen LogP contribution in [-0.4, -0.2) is 285 Å². The minimum atomic E-state index is -1.97. The summed E-state index contributed by atoms with van der Waals surface area (Å²) >= 11 is 0. The number of amides is 20. The van der Waals surface area contributed by atoms with Crippen molar-refractivity contribution in [2.75, 3.05) is 44.2 Å². The standard InChI is InChI=1S/C93H134N24O24S2/c1-48(2)36-66-83(131)101-44-75(121)107-63(28-31-73(96)119)86(134)110-64(29-32-77(123)124)87(135)111-65(30-33-78(125)126)88(136)114-69(39-55-41-98-59-24-14-12-22-57(55)59)92(140)113-68(38-54-20-10-9-11-21-54)90(138)115-70(40-56-42-99-60-25-15-13-23-58(56)60)91(139)112-67(37-49(3)4)89(137)117-72(93(141)105-52(7)80(128)104-50(5)79(97)127)47-143-142-46-71(84(132)102-45-76(122)108-66)116-81(129)51(6)103-74(120)43-100-82(130)61(26-16-18-34-94)109-85(133)62(106-53(8)118)27-17-19-35-95/h9-15,20-25,41-42,48-52,61-72,98-99H,16-19,26-40,43-47,94-95H2,1-8H3,(H2,96,119)(H2,97,127)(H,100,130)(H,101,131)(H,102,132)(H,103,120)(H,104,128)(H,105,141)(H,106,118)(H,107,121)(H,108,122)(H,109,133)(H,110,134)(H,111,135)(H,112,139)(H,113,140)(H,114,136)(H,115,138)(H,116,129)(H,117,137)(H,123,124)(H,125,126)/t50-,51-,52-,61-,62-,63-,64-,65-,66-,67-,68-,69-,70-,71-,72-/m1/s1. The summed E-state index contributed by atoms with van der Waals surface area (Å²) in [4.78, 5) is 315. The minimum Gasteiger partial charge on any atom is -0.481 e. The molecular weight excluding hydrogens is 1900 g/mol. The smallest absolute Gasteiger partial charge is 0.303 e. The number of aliphatic carboxylic acids is 2. The number of rotatable bonds is 41. The van der Waals surface area contributed by atoms with Gasteiger partial charge in [-0.2, -0.15) is 0 Å². The zero-order valence-corrected chi connectivity index (χ0v) is 82.6. The summed E-state index contributed by atoms with van der Waals surface area (Å²) in [5.41, 5.74) is 24.8. The molecule has 20 amide bonds. The fourth-order valence-corrected chi connectivity index (χ4v) is 17.2. The summed E-state index contributed by atoms with van der Waals surface area (Å²) in [7, 11) is 1.57. The molecule has 5 aromatic rings. The van der Waals surface area contributed by atoms with E-state index in [2.05, 4.69) is 106 Å². The Labute approximate surface area is 832 Å². The van der Waals surface area contributed by atoms with Crippen molar-refractivity contribution in [2.45, 2.75) is 255 Å².